The third kappa shape index (κ3) is 5.12. The number of carbonyl (C=O) groups is 1. The maximum Gasteiger partial charge on any atom is 0.252 e. The van der Waals surface area contributed by atoms with Crippen LogP contribution >= 0.6 is 11.8 Å². The van der Waals surface area contributed by atoms with Gasteiger partial charge in [0.2, 0.25) is 0 Å². The van der Waals surface area contributed by atoms with E-state index >= 15 is 0 Å². The van der Waals surface area contributed by atoms with Crippen LogP contribution in [0.25, 0.3) is 0 Å². The van der Waals surface area contributed by atoms with Gasteiger partial charge in [0.1, 0.15) is 17.3 Å². The van der Waals surface area contributed by atoms with Gasteiger partial charge in [-0.1, -0.05) is 17.3 Å². The maximum absolute atomic E-state index is 13.0. The molecule has 1 heterocycles. The van der Waals surface area contributed by atoms with Gasteiger partial charge in [-0.2, -0.15) is 0 Å². The molecule has 0 aliphatic heterocycles. The van der Waals surface area contributed by atoms with Crippen LogP contribution in [0.1, 0.15) is 40.3 Å². The summed E-state index contributed by atoms with van der Waals surface area (Å²) < 4.78 is 16.0. The lowest BCUT2D eigenvalue weighted by atomic mass is 10.1. The average molecular weight is 413 g/mol. The van der Waals surface area contributed by atoms with Crippen LogP contribution in [0.15, 0.2) is 57.9 Å². The number of carbonyl (C=O) groups excluding carboxylic acids is 1. The van der Waals surface area contributed by atoms with Crippen LogP contribution in [0.4, 0.5) is 0 Å². The van der Waals surface area contributed by atoms with Crippen molar-refractivity contribution in [2.75, 3.05) is 14.2 Å². The van der Waals surface area contributed by atoms with Crippen LogP contribution in [0.2, 0.25) is 0 Å². The summed E-state index contributed by atoms with van der Waals surface area (Å²) in [5.41, 5.74) is 2.30. The van der Waals surface area contributed by atoms with Gasteiger partial charge in [-0.15, -0.1) is 11.8 Å². The lowest BCUT2D eigenvalue weighted by Crippen LogP contribution is -2.27. The summed E-state index contributed by atoms with van der Waals surface area (Å²) in [5, 5.41) is 6.96. The predicted octanol–water partition coefficient (Wildman–Crippen LogP) is 4.78. The van der Waals surface area contributed by atoms with E-state index in [1.807, 2.05) is 62.4 Å². The number of rotatable bonds is 8. The molecule has 1 N–H and O–H groups in total. The first kappa shape index (κ1) is 20.8. The third-order valence-electron chi connectivity index (χ3n) is 4.43. The molecule has 1 atom stereocenters. The molecular formula is C22H24N2O4S. The Hall–Kier alpha value is -2.93. The number of hydrogen-bond acceptors (Lipinski definition) is 6. The molecule has 0 aliphatic rings. The van der Waals surface area contributed by atoms with Crippen LogP contribution in [0.5, 0.6) is 11.5 Å². The number of methoxy groups -OCH3 is 2. The molecule has 1 aromatic heterocycles. The van der Waals surface area contributed by atoms with Crippen molar-refractivity contribution in [3.8, 4) is 11.5 Å². The topological polar surface area (TPSA) is 73.6 Å². The van der Waals surface area contributed by atoms with Crippen molar-refractivity contribution >= 4 is 17.7 Å². The normalized spacial score (nSPS) is 11.7. The van der Waals surface area contributed by atoms with Gasteiger partial charge in [0.25, 0.3) is 5.91 Å². The Bertz CT molecular complexity index is 986. The molecule has 29 heavy (non-hydrogen) atoms. The van der Waals surface area contributed by atoms with Crippen LogP contribution < -0.4 is 14.8 Å². The summed E-state index contributed by atoms with van der Waals surface area (Å²) in [5.74, 6) is 2.63. The number of hydrogen-bond donors (Lipinski definition) is 1. The van der Waals surface area contributed by atoms with Crippen molar-refractivity contribution in [1.82, 2.24) is 10.5 Å². The van der Waals surface area contributed by atoms with Crippen molar-refractivity contribution < 1.29 is 18.8 Å². The van der Waals surface area contributed by atoms with E-state index in [0.717, 1.165) is 21.9 Å². The van der Waals surface area contributed by atoms with Gasteiger partial charge in [0, 0.05) is 16.5 Å². The molecule has 3 rings (SSSR count). The van der Waals surface area contributed by atoms with Gasteiger partial charge in [-0.05, 0) is 44.2 Å². The summed E-state index contributed by atoms with van der Waals surface area (Å²) in [6, 6.07) is 14.7. The summed E-state index contributed by atoms with van der Waals surface area (Å²) >= 11 is 1.54. The molecular weight excluding hydrogens is 388 g/mol. The zero-order valence-electron chi connectivity index (χ0n) is 16.9. The molecule has 0 saturated carbocycles. The van der Waals surface area contributed by atoms with Crippen molar-refractivity contribution in [2.45, 2.75) is 30.5 Å². The molecule has 0 radical (unpaired) electrons. The first-order valence-electron chi connectivity index (χ1n) is 9.18. The van der Waals surface area contributed by atoms with Gasteiger partial charge in [0.05, 0.1) is 37.3 Å². The first-order valence-corrected chi connectivity index (χ1v) is 10.2. The van der Waals surface area contributed by atoms with Gasteiger partial charge in [-0.3, -0.25) is 4.79 Å². The van der Waals surface area contributed by atoms with E-state index in [4.69, 9.17) is 14.0 Å². The molecule has 0 fully saturated rings. The summed E-state index contributed by atoms with van der Waals surface area (Å²) in [7, 11) is 3.22. The monoisotopic (exact) mass is 412 g/mol. The number of ether oxygens (including phenoxy) is 2. The average Bonchev–Trinajstić information content (AvgIpc) is 3.16. The highest BCUT2D eigenvalue weighted by molar-refractivity contribution is 7.98. The highest BCUT2D eigenvalue weighted by Gasteiger charge is 2.18. The van der Waals surface area contributed by atoms with E-state index in [1.165, 1.54) is 11.8 Å². The molecule has 7 heteroatoms. The minimum Gasteiger partial charge on any atom is -0.497 e. The molecule has 6 nitrogen and oxygen atoms in total. The fourth-order valence-electron chi connectivity index (χ4n) is 2.94. The molecule has 2 aromatic carbocycles. The van der Waals surface area contributed by atoms with E-state index in [2.05, 4.69) is 10.5 Å². The van der Waals surface area contributed by atoms with Crippen molar-refractivity contribution in [1.29, 1.82) is 0 Å². The van der Waals surface area contributed by atoms with Crippen molar-refractivity contribution in [3.63, 3.8) is 0 Å². The zero-order valence-corrected chi connectivity index (χ0v) is 17.7. The van der Waals surface area contributed by atoms with E-state index in [1.54, 1.807) is 14.2 Å². The van der Waals surface area contributed by atoms with E-state index in [-0.39, 0.29) is 11.9 Å². The number of benzene rings is 2. The van der Waals surface area contributed by atoms with E-state index in [9.17, 15) is 4.79 Å². The molecule has 1 unspecified atom stereocenters. The minimum absolute atomic E-state index is 0.153. The Morgan fingerprint density at radius 3 is 2.66 bits per heavy atom. The lowest BCUT2D eigenvalue weighted by molar-refractivity contribution is 0.0936. The molecule has 3 aromatic rings. The number of nitrogens with one attached hydrogen (secondary N) is 1. The van der Waals surface area contributed by atoms with Crippen LogP contribution in [-0.2, 0) is 5.75 Å². The van der Waals surface area contributed by atoms with E-state index < -0.39 is 0 Å². The van der Waals surface area contributed by atoms with Gasteiger partial charge < -0.3 is 19.3 Å². The summed E-state index contributed by atoms with van der Waals surface area (Å²) in [6.07, 6.45) is 0. The zero-order chi connectivity index (χ0) is 20.8. The van der Waals surface area contributed by atoms with Crippen LogP contribution in [0, 0.1) is 6.92 Å². The minimum atomic E-state index is -0.262. The molecule has 0 saturated heterocycles. The van der Waals surface area contributed by atoms with Gasteiger partial charge in [0.15, 0.2) is 0 Å². The number of amides is 1. The summed E-state index contributed by atoms with van der Waals surface area (Å²) in [4.78, 5) is 13.9. The number of thioether (sulfide) groups is 1. The fraction of sp³-hybridized carbons (Fsp3) is 0.273. The van der Waals surface area contributed by atoms with Crippen molar-refractivity contribution in [2.24, 2.45) is 0 Å². The Morgan fingerprint density at radius 2 is 1.97 bits per heavy atom. The quantitative estimate of drug-likeness (QED) is 0.537. The second-order valence-electron chi connectivity index (χ2n) is 6.52. The smallest absolute Gasteiger partial charge is 0.252 e. The van der Waals surface area contributed by atoms with Crippen molar-refractivity contribution in [3.05, 3.63) is 71.1 Å². The number of aromatic nitrogens is 1. The highest BCUT2D eigenvalue weighted by atomic mass is 32.2. The second-order valence-corrected chi connectivity index (χ2v) is 7.54. The van der Waals surface area contributed by atoms with Gasteiger partial charge >= 0.3 is 0 Å². The van der Waals surface area contributed by atoms with Crippen LogP contribution in [0.3, 0.4) is 0 Å². The predicted molar refractivity (Wildman–Crippen MR) is 113 cm³/mol. The second kappa shape index (κ2) is 9.52. The fourth-order valence-corrected chi connectivity index (χ4v) is 3.87. The standard InChI is InChI=1S/C22H24N2O4S/c1-14-11-17(28-24-14)13-29-21-8-6-5-7-18(21)22(25)23-15(2)19-12-16(26-3)9-10-20(19)27-4/h5-12,15H,13H2,1-4H3,(H,23,25). The Balaban J connectivity index is 1.75. The van der Waals surface area contributed by atoms with Gasteiger partial charge in [-0.25, -0.2) is 0 Å². The molecule has 1 amide bonds. The third-order valence-corrected chi connectivity index (χ3v) is 5.53. The van der Waals surface area contributed by atoms with E-state index in [0.29, 0.717) is 22.8 Å². The SMILES string of the molecule is COc1ccc(OC)c(C(C)NC(=O)c2ccccc2SCc2cc(C)no2)c1. The summed E-state index contributed by atoms with van der Waals surface area (Å²) in [6.45, 7) is 3.80. The number of nitrogens with zero attached hydrogens (tertiary/aromatic N) is 1. The highest BCUT2D eigenvalue weighted by Crippen LogP contribution is 2.31. The Morgan fingerprint density at radius 1 is 1.17 bits per heavy atom. The van der Waals surface area contributed by atoms with Crippen LogP contribution in [-0.4, -0.2) is 25.3 Å². The Labute approximate surface area is 174 Å². The molecule has 0 aliphatic carbocycles. The molecule has 152 valence electrons. The molecule has 0 spiro atoms. The number of aryl methyl sites for hydroxylation is 1. The Kier molecular flexibility index (Phi) is 6.82. The maximum atomic E-state index is 13.0. The molecule has 0 bridgehead atoms. The first-order chi connectivity index (χ1) is 14.0. The lowest BCUT2D eigenvalue weighted by Gasteiger charge is -2.19. The largest absolute Gasteiger partial charge is 0.497 e.